The fourth-order valence-corrected chi connectivity index (χ4v) is 3.53. The van der Waals surface area contributed by atoms with Crippen molar-refractivity contribution in [3.8, 4) is 11.4 Å². The summed E-state index contributed by atoms with van der Waals surface area (Å²) in [4.78, 5) is 25.9. The third-order valence-corrected chi connectivity index (χ3v) is 5.50. The maximum atomic E-state index is 12.6. The molecule has 8 heteroatoms. The van der Waals surface area contributed by atoms with E-state index in [-0.39, 0.29) is 18.4 Å². The van der Waals surface area contributed by atoms with E-state index < -0.39 is 0 Å². The Morgan fingerprint density at radius 2 is 1.82 bits per heavy atom. The van der Waals surface area contributed by atoms with Crippen LogP contribution in [0.2, 0.25) is 0 Å². The third kappa shape index (κ3) is 5.97. The summed E-state index contributed by atoms with van der Waals surface area (Å²) >= 11 is 0. The number of carbonyl (C=O) groups is 2. The van der Waals surface area contributed by atoms with Gasteiger partial charge in [-0.25, -0.2) is 0 Å². The second-order valence-corrected chi connectivity index (χ2v) is 8.49. The van der Waals surface area contributed by atoms with Crippen LogP contribution in [-0.4, -0.2) is 46.0 Å². The van der Waals surface area contributed by atoms with Gasteiger partial charge in [-0.3, -0.25) is 9.59 Å². The lowest BCUT2D eigenvalue weighted by molar-refractivity contribution is -0.123. The molecular formula is C25H29N5O3. The van der Waals surface area contributed by atoms with E-state index in [9.17, 15) is 9.59 Å². The van der Waals surface area contributed by atoms with Crippen molar-refractivity contribution in [1.82, 2.24) is 25.6 Å². The highest BCUT2D eigenvalue weighted by atomic mass is 16.5. The zero-order chi connectivity index (χ0) is 23.4. The molecule has 0 atom stereocenters. The van der Waals surface area contributed by atoms with E-state index in [1.165, 1.54) is 4.80 Å². The largest absolute Gasteiger partial charge is 0.484 e. The van der Waals surface area contributed by atoms with Crippen LogP contribution in [0.4, 0.5) is 0 Å². The molecule has 1 heterocycles. The van der Waals surface area contributed by atoms with E-state index in [1.807, 2.05) is 50.2 Å². The standard InChI is InChI=1S/C25H29N5O3/c1-16-4-11-22(17(2)14-16)30-28-18(3)24(29-30)25(32)26-13-12-19-5-9-21(10-6-19)33-15-23(31)27-20-7-8-20/h4-6,9-11,14,20H,7-8,12-13,15H2,1-3H3,(H,26,32)(H,27,31). The molecule has 2 N–H and O–H groups in total. The van der Waals surface area contributed by atoms with E-state index in [2.05, 4.69) is 26.9 Å². The van der Waals surface area contributed by atoms with Crippen molar-refractivity contribution in [1.29, 1.82) is 0 Å². The molecule has 172 valence electrons. The van der Waals surface area contributed by atoms with E-state index in [4.69, 9.17) is 4.74 Å². The fourth-order valence-electron chi connectivity index (χ4n) is 3.53. The molecule has 0 spiro atoms. The molecule has 3 aromatic rings. The number of ether oxygens (including phenoxy) is 1. The van der Waals surface area contributed by atoms with Crippen LogP contribution in [0, 0.1) is 20.8 Å². The summed E-state index contributed by atoms with van der Waals surface area (Å²) < 4.78 is 5.52. The topological polar surface area (TPSA) is 98.1 Å². The minimum Gasteiger partial charge on any atom is -0.484 e. The van der Waals surface area contributed by atoms with Crippen molar-refractivity contribution >= 4 is 11.8 Å². The summed E-state index contributed by atoms with van der Waals surface area (Å²) in [6, 6.07) is 13.9. The first kappa shape index (κ1) is 22.5. The minimum absolute atomic E-state index is 0.0219. The Balaban J connectivity index is 1.27. The van der Waals surface area contributed by atoms with Crippen molar-refractivity contribution in [2.24, 2.45) is 0 Å². The number of nitrogens with one attached hydrogen (secondary N) is 2. The normalized spacial score (nSPS) is 12.9. The average Bonchev–Trinajstić information content (AvgIpc) is 3.51. The zero-order valence-electron chi connectivity index (χ0n) is 19.2. The lowest BCUT2D eigenvalue weighted by atomic mass is 10.1. The van der Waals surface area contributed by atoms with Crippen molar-refractivity contribution in [2.45, 2.75) is 46.1 Å². The van der Waals surface area contributed by atoms with Crippen LogP contribution in [0.1, 0.15) is 45.7 Å². The van der Waals surface area contributed by atoms with Gasteiger partial charge in [0, 0.05) is 12.6 Å². The summed E-state index contributed by atoms with van der Waals surface area (Å²) in [6.45, 7) is 6.31. The van der Waals surface area contributed by atoms with Gasteiger partial charge >= 0.3 is 0 Å². The molecule has 33 heavy (non-hydrogen) atoms. The Kier molecular flexibility index (Phi) is 6.72. The second kappa shape index (κ2) is 9.85. The number of nitrogens with zero attached hydrogens (tertiary/aromatic N) is 3. The van der Waals surface area contributed by atoms with Crippen LogP contribution in [-0.2, 0) is 11.2 Å². The van der Waals surface area contributed by atoms with Gasteiger partial charge in [0.1, 0.15) is 5.75 Å². The molecule has 1 aliphatic carbocycles. The molecule has 0 radical (unpaired) electrons. The van der Waals surface area contributed by atoms with Crippen LogP contribution < -0.4 is 15.4 Å². The highest BCUT2D eigenvalue weighted by molar-refractivity contribution is 5.93. The molecule has 2 aromatic carbocycles. The molecule has 0 unspecified atom stereocenters. The number of carbonyl (C=O) groups excluding carboxylic acids is 2. The Bertz CT molecular complexity index is 1150. The maximum Gasteiger partial charge on any atom is 0.273 e. The second-order valence-electron chi connectivity index (χ2n) is 8.49. The van der Waals surface area contributed by atoms with Crippen molar-refractivity contribution in [3.05, 3.63) is 70.5 Å². The number of amides is 2. The van der Waals surface area contributed by atoms with E-state index in [0.717, 1.165) is 35.2 Å². The predicted molar refractivity (Wildman–Crippen MR) is 125 cm³/mol. The first-order valence-corrected chi connectivity index (χ1v) is 11.2. The molecule has 8 nitrogen and oxygen atoms in total. The van der Waals surface area contributed by atoms with Gasteiger partial charge in [-0.2, -0.15) is 9.90 Å². The summed E-state index contributed by atoms with van der Waals surface area (Å²) in [7, 11) is 0. The molecule has 0 bridgehead atoms. The summed E-state index contributed by atoms with van der Waals surface area (Å²) in [5, 5.41) is 14.6. The molecule has 0 saturated heterocycles. The Morgan fingerprint density at radius 3 is 2.52 bits per heavy atom. The number of hydrogen-bond acceptors (Lipinski definition) is 5. The Morgan fingerprint density at radius 1 is 1.06 bits per heavy atom. The lowest BCUT2D eigenvalue weighted by Crippen LogP contribution is -2.30. The van der Waals surface area contributed by atoms with Crippen LogP contribution in [0.15, 0.2) is 42.5 Å². The summed E-state index contributed by atoms with van der Waals surface area (Å²) in [5.41, 5.74) is 5.03. The predicted octanol–water partition coefficient (Wildman–Crippen LogP) is 2.82. The van der Waals surface area contributed by atoms with Gasteiger partial charge in [0.05, 0.1) is 11.4 Å². The average molecular weight is 448 g/mol. The van der Waals surface area contributed by atoms with Gasteiger partial charge in [-0.15, -0.1) is 5.10 Å². The zero-order valence-corrected chi connectivity index (χ0v) is 19.2. The molecular weight excluding hydrogens is 418 g/mol. The van der Waals surface area contributed by atoms with Gasteiger partial charge in [0.15, 0.2) is 12.3 Å². The number of rotatable bonds is 9. The van der Waals surface area contributed by atoms with Crippen molar-refractivity contribution in [2.75, 3.05) is 13.2 Å². The molecule has 0 aliphatic heterocycles. The SMILES string of the molecule is Cc1ccc(-n2nc(C)c(C(=O)NCCc3ccc(OCC(=O)NC4CC4)cc3)n2)c(C)c1. The molecule has 1 aromatic heterocycles. The van der Waals surface area contributed by atoms with Crippen LogP contribution >= 0.6 is 0 Å². The number of aryl methyl sites for hydroxylation is 3. The van der Waals surface area contributed by atoms with Gasteiger partial charge in [-0.05, 0) is 69.4 Å². The molecule has 1 saturated carbocycles. The van der Waals surface area contributed by atoms with E-state index in [1.54, 1.807) is 6.92 Å². The Hall–Kier alpha value is -3.68. The van der Waals surface area contributed by atoms with Gasteiger partial charge in [-0.1, -0.05) is 29.8 Å². The number of benzene rings is 2. The highest BCUT2D eigenvalue weighted by Crippen LogP contribution is 2.19. The van der Waals surface area contributed by atoms with Gasteiger partial charge < -0.3 is 15.4 Å². The van der Waals surface area contributed by atoms with Crippen LogP contribution in [0.3, 0.4) is 0 Å². The first-order valence-electron chi connectivity index (χ1n) is 11.2. The van der Waals surface area contributed by atoms with Gasteiger partial charge in [0.25, 0.3) is 11.8 Å². The van der Waals surface area contributed by atoms with E-state index in [0.29, 0.717) is 36.1 Å². The minimum atomic E-state index is -0.245. The smallest absolute Gasteiger partial charge is 0.273 e. The van der Waals surface area contributed by atoms with Crippen molar-refractivity contribution < 1.29 is 14.3 Å². The Labute approximate surface area is 193 Å². The lowest BCUT2D eigenvalue weighted by Gasteiger charge is -2.08. The number of hydrogen-bond donors (Lipinski definition) is 2. The highest BCUT2D eigenvalue weighted by Gasteiger charge is 2.23. The fraction of sp³-hybridized carbons (Fsp3) is 0.360. The van der Waals surface area contributed by atoms with Crippen molar-refractivity contribution in [3.63, 3.8) is 0 Å². The number of aromatic nitrogens is 3. The van der Waals surface area contributed by atoms with E-state index >= 15 is 0 Å². The quantitative estimate of drug-likeness (QED) is 0.526. The first-order chi connectivity index (χ1) is 15.9. The summed E-state index contributed by atoms with van der Waals surface area (Å²) in [5.74, 6) is 0.312. The van der Waals surface area contributed by atoms with Gasteiger partial charge in [0.2, 0.25) is 0 Å². The molecule has 2 amide bonds. The van der Waals surface area contributed by atoms with Crippen LogP contribution in [0.5, 0.6) is 5.75 Å². The molecule has 1 aliphatic rings. The maximum absolute atomic E-state index is 12.6. The van der Waals surface area contributed by atoms with Crippen LogP contribution in [0.25, 0.3) is 5.69 Å². The molecule has 4 rings (SSSR count). The third-order valence-electron chi connectivity index (χ3n) is 5.50. The molecule has 1 fully saturated rings. The monoisotopic (exact) mass is 447 g/mol. The summed E-state index contributed by atoms with van der Waals surface area (Å²) in [6.07, 6.45) is 2.78.